The van der Waals surface area contributed by atoms with Gasteiger partial charge in [-0.05, 0) is 70.2 Å². The summed E-state index contributed by atoms with van der Waals surface area (Å²) >= 11 is 5.92. The van der Waals surface area contributed by atoms with Crippen molar-refractivity contribution in [3.63, 3.8) is 0 Å². The highest BCUT2D eigenvalue weighted by atomic mass is 35.5. The highest BCUT2D eigenvalue weighted by Crippen LogP contribution is 2.26. The molecule has 1 amide bonds. The zero-order valence-electron chi connectivity index (χ0n) is 23.9. The molecule has 0 aliphatic heterocycles. The number of benzene rings is 1. The molecule has 0 heterocycles. The van der Waals surface area contributed by atoms with Crippen LogP contribution in [0.25, 0.3) is 0 Å². The van der Waals surface area contributed by atoms with Crippen LogP contribution in [0.5, 0.6) is 0 Å². The van der Waals surface area contributed by atoms with Crippen molar-refractivity contribution in [2.45, 2.75) is 107 Å². The zero-order chi connectivity index (χ0) is 27.6. The van der Waals surface area contributed by atoms with Crippen molar-refractivity contribution < 1.29 is 14.3 Å². The molecular weight excluding hydrogens is 460 g/mol. The van der Waals surface area contributed by atoms with Crippen molar-refractivity contribution in [1.29, 1.82) is 0 Å². The van der Waals surface area contributed by atoms with E-state index in [4.69, 9.17) is 16.3 Å². The fourth-order valence-corrected chi connectivity index (χ4v) is 3.41. The van der Waals surface area contributed by atoms with Gasteiger partial charge in [-0.25, -0.2) is 0 Å². The van der Waals surface area contributed by atoms with E-state index in [1.54, 1.807) is 0 Å². The molecule has 0 aliphatic rings. The second kappa shape index (κ2) is 19.0. The Hall–Kier alpha value is -2.27. The fourth-order valence-electron chi connectivity index (χ4n) is 3.29. The molecule has 0 saturated heterocycles. The lowest BCUT2D eigenvalue weighted by Crippen LogP contribution is -2.27. The van der Waals surface area contributed by atoms with E-state index in [-0.39, 0.29) is 17.5 Å². The fraction of sp³-hybridized carbons (Fsp3) is 0.586. The van der Waals surface area contributed by atoms with Crippen LogP contribution in [-0.4, -0.2) is 24.5 Å². The second-order valence-corrected chi connectivity index (χ2v) is 9.27. The van der Waals surface area contributed by atoms with Crippen molar-refractivity contribution in [1.82, 2.24) is 10.6 Å². The maximum absolute atomic E-state index is 13.0. The molecule has 35 heavy (non-hydrogen) atoms. The molecule has 0 radical (unpaired) electrons. The van der Waals surface area contributed by atoms with Crippen molar-refractivity contribution >= 4 is 23.5 Å². The average Bonchev–Trinajstić information content (AvgIpc) is 2.79. The number of hydrogen-bond donors (Lipinski definition) is 2. The monoisotopic (exact) mass is 508 g/mol. The SMILES string of the molecule is CC.CC(=O)OC(C)(C)C.CCC/C(C(C(=O)NCc1ccc(Cl)cc1)=C(C)CC)=C(\CC)NC. The van der Waals surface area contributed by atoms with E-state index in [1.165, 1.54) is 6.92 Å². The van der Waals surface area contributed by atoms with Gasteiger partial charge >= 0.3 is 5.97 Å². The minimum atomic E-state index is -0.328. The summed E-state index contributed by atoms with van der Waals surface area (Å²) in [6.07, 6.45) is 3.64. The maximum Gasteiger partial charge on any atom is 0.303 e. The van der Waals surface area contributed by atoms with Crippen LogP contribution >= 0.6 is 11.6 Å². The third kappa shape index (κ3) is 15.4. The number of rotatable bonds is 9. The van der Waals surface area contributed by atoms with Gasteiger partial charge in [0.2, 0.25) is 0 Å². The lowest BCUT2D eigenvalue weighted by molar-refractivity contribution is -0.151. The lowest BCUT2D eigenvalue weighted by atomic mass is 9.92. The third-order valence-corrected chi connectivity index (χ3v) is 5.07. The first kappa shape index (κ1) is 34.9. The molecule has 0 unspecified atom stereocenters. The predicted octanol–water partition coefficient (Wildman–Crippen LogP) is 7.74. The number of halogens is 1. The summed E-state index contributed by atoms with van der Waals surface area (Å²) in [6, 6.07) is 7.56. The summed E-state index contributed by atoms with van der Waals surface area (Å²) in [5.41, 5.74) is 4.96. The number of hydrogen-bond acceptors (Lipinski definition) is 4. The molecule has 0 atom stereocenters. The molecule has 6 heteroatoms. The highest BCUT2D eigenvalue weighted by Gasteiger charge is 2.19. The van der Waals surface area contributed by atoms with E-state index < -0.39 is 0 Å². The Kier molecular flexibility index (Phi) is 18.9. The van der Waals surface area contributed by atoms with Gasteiger partial charge in [0.15, 0.2) is 0 Å². The molecule has 1 rings (SSSR count). The average molecular weight is 509 g/mol. The quantitative estimate of drug-likeness (QED) is 0.203. The van der Waals surface area contributed by atoms with Gasteiger partial charge < -0.3 is 15.4 Å². The number of allylic oxidation sites excluding steroid dienone is 2. The van der Waals surface area contributed by atoms with Gasteiger partial charge in [-0.1, -0.05) is 70.3 Å². The van der Waals surface area contributed by atoms with Crippen molar-refractivity contribution in [3.05, 3.63) is 57.3 Å². The molecular formula is C29H49ClN2O3. The van der Waals surface area contributed by atoms with Gasteiger partial charge in [0.1, 0.15) is 5.60 Å². The number of carbonyl (C=O) groups is 2. The molecule has 2 N–H and O–H groups in total. The topological polar surface area (TPSA) is 67.4 Å². The van der Waals surface area contributed by atoms with Crippen LogP contribution in [0, 0.1) is 0 Å². The summed E-state index contributed by atoms with van der Waals surface area (Å²) < 4.78 is 4.80. The second-order valence-electron chi connectivity index (χ2n) is 8.83. The molecule has 200 valence electrons. The number of esters is 1. The zero-order valence-corrected chi connectivity index (χ0v) is 24.7. The molecule has 0 saturated carbocycles. The van der Waals surface area contributed by atoms with E-state index in [9.17, 15) is 9.59 Å². The maximum atomic E-state index is 13.0. The Morgan fingerprint density at radius 2 is 1.51 bits per heavy atom. The van der Waals surface area contributed by atoms with E-state index in [2.05, 4.69) is 38.3 Å². The van der Waals surface area contributed by atoms with Crippen LogP contribution in [0.2, 0.25) is 5.02 Å². The molecule has 0 spiro atoms. The first-order valence-electron chi connectivity index (χ1n) is 12.7. The Labute approximate surface area is 219 Å². The number of ether oxygens (including phenoxy) is 1. The van der Waals surface area contributed by atoms with Crippen LogP contribution < -0.4 is 10.6 Å². The molecule has 0 bridgehead atoms. The van der Waals surface area contributed by atoms with Crippen molar-refractivity contribution in [2.24, 2.45) is 0 Å². The van der Waals surface area contributed by atoms with Crippen LogP contribution in [0.1, 0.15) is 100 Å². The summed E-state index contributed by atoms with van der Waals surface area (Å²) in [5, 5.41) is 7.06. The Bertz CT molecular complexity index is 813. The standard InChI is InChI=1S/C21H31ClN2O.C6H12O2.C2H6/c1-6-9-18(19(8-3)23-5)20(15(4)7-2)21(25)24-14-16-10-12-17(22)13-11-16;1-5(7)8-6(2,3)4;1-2/h10-13,23H,6-9,14H2,1-5H3,(H,24,25);1-4H3;1-2H3/b19-18-,20-15?;;. The minimum absolute atomic E-state index is 0.000972. The number of carbonyl (C=O) groups excluding carboxylic acids is 2. The van der Waals surface area contributed by atoms with Gasteiger partial charge in [-0.15, -0.1) is 0 Å². The molecule has 0 aliphatic carbocycles. The molecule has 5 nitrogen and oxygen atoms in total. The third-order valence-electron chi connectivity index (χ3n) is 4.82. The van der Waals surface area contributed by atoms with Gasteiger partial charge in [-0.2, -0.15) is 0 Å². The van der Waals surface area contributed by atoms with E-state index in [1.807, 2.05) is 65.9 Å². The Morgan fingerprint density at radius 3 is 1.86 bits per heavy atom. The molecule has 1 aromatic carbocycles. The molecule has 0 aromatic heterocycles. The van der Waals surface area contributed by atoms with Crippen molar-refractivity contribution in [2.75, 3.05) is 7.05 Å². The Balaban J connectivity index is 0. The van der Waals surface area contributed by atoms with Gasteiger partial charge in [0, 0.05) is 36.8 Å². The van der Waals surface area contributed by atoms with Crippen LogP contribution in [0.4, 0.5) is 0 Å². The van der Waals surface area contributed by atoms with Crippen molar-refractivity contribution in [3.8, 4) is 0 Å². The van der Waals surface area contributed by atoms with Gasteiger partial charge in [0.05, 0.1) is 0 Å². The van der Waals surface area contributed by atoms with Crippen LogP contribution in [0.3, 0.4) is 0 Å². The first-order chi connectivity index (χ1) is 16.4. The largest absolute Gasteiger partial charge is 0.460 e. The molecule has 0 fully saturated rings. The first-order valence-corrected chi connectivity index (χ1v) is 13.1. The summed E-state index contributed by atoms with van der Waals surface area (Å²) in [5.74, 6) is -0.226. The summed E-state index contributed by atoms with van der Waals surface area (Å²) in [7, 11) is 1.93. The van der Waals surface area contributed by atoms with Gasteiger partial charge in [0.25, 0.3) is 5.91 Å². The minimum Gasteiger partial charge on any atom is -0.460 e. The summed E-state index contributed by atoms with van der Waals surface area (Å²) in [4.78, 5) is 23.2. The van der Waals surface area contributed by atoms with Crippen LogP contribution in [0.15, 0.2) is 46.7 Å². The van der Waals surface area contributed by atoms with Crippen LogP contribution in [-0.2, 0) is 20.9 Å². The number of amides is 1. The Morgan fingerprint density at radius 1 is 0.971 bits per heavy atom. The molecule has 1 aromatic rings. The van der Waals surface area contributed by atoms with E-state index in [0.717, 1.165) is 53.7 Å². The summed E-state index contributed by atoms with van der Waals surface area (Å²) in [6.45, 7) is 19.8. The van der Waals surface area contributed by atoms with E-state index >= 15 is 0 Å². The highest BCUT2D eigenvalue weighted by molar-refractivity contribution is 6.30. The van der Waals surface area contributed by atoms with E-state index in [0.29, 0.717) is 11.6 Å². The predicted molar refractivity (Wildman–Crippen MR) is 150 cm³/mol. The smallest absolute Gasteiger partial charge is 0.303 e. The normalized spacial score (nSPS) is 12.0. The number of nitrogens with one attached hydrogen (secondary N) is 2. The lowest BCUT2D eigenvalue weighted by Gasteiger charge is -2.19. The van der Waals surface area contributed by atoms with Gasteiger partial charge in [-0.3, -0.25) is 9.59 Å².